The lowest BCUT2D eigenvalue weighted by atomic mass is 10.1. The highest BCUT2D eigenvalue weighted by Crippen LogP contribution is 2.27. The molecule has 2 rings (SSSR count). The van der Waals surface area contributed by atoms with Gasteiger partial charge in [-0.1, -0.05) is 30.3 Å². The van der Waals surface area contributed by atoms with Gasteiger partial charge >= 0.3 is 0 Å². The molecular formula is C16H16O3. The summed E-state index contributed by atoms with van der Waals surface area (Å²) in [7, 11) is 1.58. The smallest absolute Gasteiger partial charge is 0.153 e. The average molecular weight is 256 g/mol. The van der Waals surface area contributed by atoms with Gasteiger partial charge in [-0.3, -0.25) is 4.79 Å². The van der Waals surface area contributed by atoms with E-state index in [0.29, 0.717) is 23.7 Å². The van der Waals surface area contributed by atoms with Gasteiger partial charge in [-0.05, 0) is 30.2 Å². The summed E-state index contributed by atoms with van der Waals surface area (Å²) in [5.41, 5.74) is 2.50. The van der Waals surface area contributed by atoms with Crippen LogP contribution in [-0.4, -0.2) is 13.4 Å². The number of aldehydes is 1. The highest BCUT2D eigenvalue weighted by Gasteiger charge is 2.08. The van der Waals surface area contributed by atoms with E-state index in [0.717, 1.165) is 17.4 Å². The van der Waals surface area contributed by atoms with Crippen molar-refractivity contribution in [1.29, 1.82) is 0 Å². The largest absolute Gasteiger partial charge is 0.496 e. The van der Waals surface area contributed by atoms with E-state index in [1.165, 1.54) is 0 Å². The van der Waals surface area contributed by atoms with Crippen LogP contribution in [0.3, 0.4) is 0 Å². The van der Waals surface area contributed by atoms with Gasteiger partial charge < -0.3 is 9.47 Å². The van der Waals surface area contributed by atoms with E-state index in [1.54, 1.807) is 13.2 Å². The lowest BCUT2D eigenvalue weighted by Gasteiger charge is -2.12. The third kappa shape index (κ3) is 3.13. The van der Waals surface area contributed by atoms with E-state index in [4.69, 9.17) is 9.47 Å². The number of carbonyl (C=O) groups excluding carboxylic acids is 1. The molecule has 0 fully saturated rings. The van der Waals surface area contributed by atoms with Crippen LogP contribution in [0.2, 0.25) is 0 Å². The van der Waals surface area contributed by atoms with Crippen molar-refractivity contribution in [3.8, 4) is 11.5 Å². The number of hydrogen-bond donors (Lipinski definition) is 0. The normalized spacial score (nSPS) is 10.0. The zero-order chi connectivity index (χ0) is 13.7. The molecule has 0 aliphatic rings. The Hall–Kier alpha value is -2.29. The van der Waals surface area contributed by atoms with Gasteiger partial charge in [0.25, 0.3) is 0 Å². The highest BCUT2D eigenvalue weighted by atomic mass is 16.5. The van der Waals surface area contributed by atoms with Crippen molar-refractivity contribution in [3.63, 3.8) is 0 Å². The molecule has 0 aromatic heterocycles. The second-order valence-corrected chi connectivity index (χ2v) is 4.25. The Bertz CT molecular complexity index is 562. The Morgan fingerprint density at radius 3 is 2.47 bits per heavy atom. The van der Waals surface area contributed by atoms with Crippen LogP contribution in [0.1, 0.15) is 21.5 Å². The quantitative estimate of drug-likeness (QED) is 0.769. The summed E-state index contributed by atoms with van der Waals surface area (Å²) < 4.78 is 10.9. The maximum absolute atomic E-state index is 11.1. The topological polar surface area (TPSA) is 35.5 Å². The minimum Gasteiger partial charge on any atom is -0.496 e. The Labute approximate surface area is 112 Å². The third-order valence-electron chi connectivity index (χ3n) is 2.89. The molecule has 2 aromatic rings. The molecule has 3 nitrogen and oxygen atoms in total. The molecule has 0 heterocycles. The second-order valence-electron chi connectivity index (χ2n) is 4.25. The number of methoxy groups -OCH3 is 1. The maximum atomic E-state index is 11.1. The first-order valence-corrected chi connectivity index (χ1v) is 6.05. The predicted octanol–water partition coefficient (Wildman–Crippen LogP) is 3.40. The van der Waals surface area contributed by atoms with Crippen LogP contribution < -0.4 is 9.47 Å². The molecule has 0 aliphatic carbocycles. The van der Waals surface area contributed by atoms with Crippen LogP contribution in [0.5, 0.6) is 11.5 Å². The van der Waals surface area contributed by atoms with E-state index in [-0.39, 0.29) is 0 Å². The molecule has 0 saturated heterocycles. The van der Waals surface area contributed by atoms with Crippen molar-refractivity contribution in [2.24, 2.45) is 0 Å². The maximum Gasteiger partial charge on any atom is 0.153 e. The third-order valence-corrected chi connectivity index (χ3v) is 2.89. The van der Waals surface area contributed by atoms with Gasteiger partial charge in [0.1, 0.15) is 18.1 Å². The Kier molecular flexibility index (Phi) is 4.18. The van der Waals surface area contributed by atoms with Crippen molar-refractivity contribution in [1.82, 2.24) is 0 Å². The summed E-state index contributed by atoms with van der Waals surface area (Å²) >= 11 is 0. The standard InChI is InChI=1S/C16H16O3/c1-12-8-16(14(10-17)9-15(12)18-2)19-11-13-6-4-3-5-7-13/h3-10H,11H2,1-2H3. The van der Waals surface area contributed by atoms with Crippen molar-refractivity contribution in [3.05, 3.63) is 59.2 Å². The van der Waals surface area contributed by atoms with Crippen LogP contribution in [0.25, 0.3) is 0 Å². The average Bonchev–Trinajstić information content (AvgIpc) is 2.46. The van der Waals surface area contributed by atoms with E-state index in [9.17, 15) is 4.79 Å². The van der Waals surface area contributed by atoms with E-state index in [2.05, 4.69) is 0 Å². The Balaban J connectivity index is 2.20. The van der Waals surface area contributed by atoms with Gasteiger partial charge in [-0.25, -0.2) is 0 Å². The van der Waals surface area contributed by atoms with Crippen LogP contribution in [0.15, 0.2) is 42.5 Å². The number of rotatable bonds is 5. The number of carbonyl (C=O) groups is 1. The fraction of sp³-hybridized carbons (Fsp3) is 0.188. The van der Waals surface area contributed by atoms with E-state index in [1.807, 2.05) is 43.3 Å². The molecule has 0 saturated carbocycles. The monoisotopic (exact) mass is 256 g/mol. The van der Waals surface area contributed by atoms with E-state index >= 15 is 0 Å². The molecule has 2 aromatic carbocycles. The summed E-state index contributed by atoms with van der Waals surface area (Å²) in [6.07, 6.45) is 0.780. The molecule has 0 radical (unpaired) electrons. The van der Waals surface area contributed by atoms with E-state index < -0.39 is 0 Å². The zero-order valence-electron chi connectivity index (χ0n) is 11.1. The molecule has 0 N–H and O–H groups in total. The molecule has 3 heteroatoms. The predicted molar refractivity (Wildman–Crippen MR) is 73.9 cm³/mol. The lowest BCUT2D eigenvalue weighted by molar-refractivity contribution is 0.111. The first kappa shape index (κ1) is 13.1. The summed E-state index contributed by atoms with van der Waals surface area (Å²) in [5.74, 6) is 1.27. The van der Waals surface area contributed by atoms with Crippen molar-refractivity contribution < 1.29 is 14.3 Å². The van der Waals surface area contributed by atoms with Gasteiger partial charge in [0.15, 0.2) is 6.29 Å². The van der Waals surface area contributed by atoms with Crippen LogP contribution in [0.4, 0.5) is 0 Å². The molecule has 0 bridgehead atoms. The summed E-state index contributed by atoms with van der Waals surface area (Å²) in [6.45, 7) is 2.36. The lowest BCUT2D eigenvalue weighted by Crippen LogP contribution is -2.00. The summed E-state index contributed by atoms with van der Waals surface area (Å²) in [6, 6.07) is 13.4. The van der Waals surface area contributed by atoms with Gasteiger partial charge in [-0.2, -0.15) is 0 Å². The molecular weight excluding hydrogens is 240 g/mol. The Morgan fingerprint density at radius 1 is 1.11 bits per heavy atom. The first-order chi connectivity index (χ1) is 9.24. The van der Waals surface area contributed by atoms with Gasteiger partial charge in [0, 0.05) is 0 Å². The second kappa shape index (κ2) is 6.05. The number of ether oxygens (including phenoxy) is 2. The number of benzene rings is 2. The van der Waals surface area contributed by atoms with Crippen molar-refractivity contribution >= 4 is 6.29 Å². The molecule has 19 heavy (non-hydrogen) atoms. The van der Waals surface area contributed by atoms with Crippen LogP contribution in [-0.2, 0) is 6.61 Å². The Morgan fingerprint density at radius 2 is 1.84 bits per heavy atom. The minimum atomic E-state index is 0.438. The van der Waals surface area contributed by atoms with Crippen LogP contribution in [0, 0.1) is 6.92 Å². The molecule has 0 unspecified atom stereocenters. The molecule has 98 valence electrons. The van der Waals surface area contributed by atoms with Gasteiger partial charge in [0.2, 0.25) is 0 Å². The van der Waals surface area contributed by atoms with Crippen molar-refractivity contribution in [2.45, 2.75) is 13.5 Å². The minimum absolute atomic E-state index is 0.438. The fourth-order valence-corrected chi connectivity index (χ4v) is 1.85. The fourth-order valence-electron chi connectivity index (χ4n) is 1.85. The molecule has 0 amide bonds. The highest BCUT2D eigenvalue weighted by molar-refractivity contribution is 5.80. The van der Waals surface area contributed by atoms with Gasteiger partial charge in [0.05, 0.1) is 12.7 Å². The molecule has 0 aliphatic heterocycles. The summed E-state index contributed by atoms with van der Waals surface area (Å²) in [5, 5.41) is 0. The first-order valence-electron chi connectivity index (χ1n) is 6.05. The van der Waals surface area contributed by atoms with Crippen molar-refractivity contribution in [2.75, 3.05) is 7.11 Å². The summed E-state index contributed by atoms with van der Waals surface area (Å²) in [4.78, 5) is 11.1. The number of hydrogen-bond acceptors (Lipinski definition) is 3. The number of aryl methyl sites for hydroxylation is 1. The van der Waals surface area contributed by atoms with Crippen LogP contribution >= 0.6 is 0 Å². The zero-order valence-corrected chi connectivity index (χ0v) is 11.1. The molecule has 0 atom stereocenters. The van der Waals surface area contributed by atoms with Gasteiger partial charge in [-0.15, -0.1) is 0 Å². The SMILES string of the molecule is COc1cc(C=O)c(OCc2ccccc2)cc1C. The molecule has 0 spiro atoms.